The van der Waals surface area contributed by atoms with Crippen LogP contribution < -0.4 is 0 Å². The molecule has 168 valence electrons. The summed E-state index contributed by atoms with van der Waals surface area (Å²) in [6.45, 7) is 22.0. The lowest BCUT2D eigenvalue weighted by Crippen LogP contribution is -2.34. The van der Waals surface area contributed by atoms with Gasteiger partial charge in [0.05, 0.1) is 11.4 Å². The molecule has 0 saturated heterocycles. The molecule has 3 unspecified atom stereocenters. The predicted octanol–water partition coefficient (Wildman–Crippen LogP) is 5.95. The second kappa shape index (κ2) is 10.8. The van der Waals surface area contributed by atoms with E-state index in [4.69, 9.17) is 4.99 Å². The van der Waals surface area contributed by atoms with E-state index in [0.29, 0.717) is 12.2 Å². The van der Waals surface area contributed by atoms with E-state index in [1.807, 2.05) is 74.8 Å². The third-order valence-corrected chi connectivity index (χ3v) is 5.72. The largest absolute Gasteiger partial charge is 0.303 e. The maximum absolute atomic E-state index is 11.5. The molecular formula is C27H34N4O. The van der Waals surface area contributed by atoms with Crippen molar-refractivity contribution in [2.45, 2.75) is 46.6 Å². The van der Waals surface area contributed by atoms with Gasteiger partial charge in [0, 0.05) is 17.1 Å². The van der Waals surface area contributed by atoms with Crippen LogP contribution in [0.2, 0.25) is 0 Å². The van der Waals surface area contributed by atoms with Gasteiger partial charge in [-0.3, -0.25) is 9.56 Å². The van der Waals surface area contributed by atoms with E-state index in [2.05, 4.69) is 36.9 Å². The lowest BCUT2D eigenvalue weighted by Gasteiger charge is -2.33. The van der Waals surface area contributed by atoms with Crippen molar-refractivity contribution in [3.05, 3.63) is 91.1 Å². The number of hydrogen-bond acceptors (Lipinski definition) is 4. The fraction of sp³-hybridized carbons (Fsp3) is 0.333. The van der Waals surface area contributed by atoms with Crippen LogP contribution in [0.4, 0.5) is 0 Å². The molecule has 2 heterocycles. The average Bonchev–Trinajstić information content (AvgIpc) is 3.11. The Morgan fingerprint density at radius 2 is 1.88 bits per heavy atom. The summed E-state index contributed by atoms with van der Waals surface area (Å²) in [4.78, 5) is 16.8. The summed E-state index contributed by atoms with van der Waals surface area (Å²) in [7, 11) is 0. The minimum atomic E-state index is -0.896. The molecule has 0 N–H and O–H groups in total. The van der Waals surface area contributed by atoms with Crippen molar-refractivity contribution in [1.29, 1.82) is 0 Å². The smallest absolute Gasteiger partial charge is 0.169 e. The monoisotopic (exact) mass is 430 g/mol. The van der Waals surface area contributed by atoms with Crippen LogP contribution in [-0.2, 0) is 10.3 Å². The minimum absolute atomic E-state index is 0.0656. The van der Waals surface area contributed by atoms with Gasteiger partial charge in [-0.15, -0.1) is 16.8 Å². The number of allylic oxidation sites excluding steroid dienone is 10. The average molecular weight is 431 g/mol. The zero-order valence-corrected chi connectivity index (χ0v) is 19.9. The molecule has 0 fully saturated rings. The molecule has 2 rings (SSSR count). The van der Waals surface area contributed by atoms with Gasteiger partial charge in [0.1, 0.15) is 17.6 Å². The lowest BCUT2D eigenvalue weighted by atomic mass is 9.79. The highest BCUT2D eigenvalue weighted by atomic mass is 16.1. The lowest BCUT2D eigenvalue weighted by molar-refractivity contribution is -0.111. The Balaban J connectivity index is 3.06. The van der Waals surface area contributed by atoms with E-state index >= 15 is 0 Å². The fourth-order valence-corrected chi connectivity index (χ4v) is 4.17. The molecule has 1 aromatic rings. The Labute approximate surface area is 192 Å². The molecule has 0 radical (unpaired) electrons. The van der Waals surface area contributed by atoms with Crippen LogP contribution in [0.1, 0.15) is 45.8 Å². The van der Waals surface area contributed by atoms with E-state index in [-0.39, 0.29) is 11.8 Å². The number of aldehydes is 1. The van der Waals surface area contributed by atoms with Crippen molar-refractivity contribution in [2.24, 2.45) is 16.8 Å². The Hall–Kier alpha value is -3.34. The van der Waals surface area contributed by atoms with Gasteiger partial charge in [-0.25, -0.2) is 0 Å². The first-order valence-corrected chi connectivity index (χ1v) is 10.9. The molecule has 0 bridgehead atoms. The summed E-state index contributed by atoms with van der Waals surface area (Å²) in [6, 6.07) is 0. The molecule has 1 aliphatic rings. The molecule has 5 heteroatoms. The van der Waals surface area contributed by atoms with E-state index in [9.17, 15) is 4.79 Å². The predicted molar refractivity (Wildman–Crippen MR) is 134 cm³/mol. The van der Waals surface area contributed by atoms with Crippen LogP contribution in [0, 0.1) is 18.8 Å². The molecular weight excluding hydrogens is 396 g/mol. The molecule has 1 aliphatic heterocycles. The van der Waals surface area contributed by atoms with Crippen molar-refractivity contribution in [2.75, 3.05) is 0 Å². The van der Waals surface area contributed by atoms with E-state index in [1.165, 1.54) is 0 Å². The number of carbonyl (C=O) groups is 1. The maximum atomic E-state index is 11.5. The summed E-state index contributed by atoms with van der Waals surface area (Å²) in [6.07, 6.45) is 16.9. The number of hydrogen-bond donors (Lipinski definition) is 0. The highest BCUT2D eigenvalue weighted by Crippen LogP contribution is 2.43. The van der Waals surface area contributed by atoms with Crippen molar-refractivity contribution >= 4 is 17.7 Å². The molecule has 3 atom stereocenters. The van der Waals surface area contributed by atoms with E-state index in [1.54, 1.807) is 6.08 Å². The first-order valence-electron chi connectivity index (χ1n) is 10.9. The van der Waals surface area contributed by atoms with Gasteiger partial charge >= 0.3 is 0 Å². The number of rotatable bonds is 10. The van der Waals surface area contributed by atoms with Crippen molar-refractivity contribution in [3.63, 3.8) is 0 Å². The van der Waals surface area contributed by atoms with Crippen LogP contribution in [0.25, 0.3) is 5.70 Å². The first kappa shape index (κ1) is 24.9. The summed E-state index contributed by atoms with van der Waals surface area (Å²) >= 11 is 0. The third-order valence-electron chi connectivity index (χ3n) is 5.72. The summed E-state index contributed by atoms with van der Waals surface area (Å²) in [5.74, 6) is 1.23. The standard InChI is InChI=1S/C27H34N4O/c1-9-14-22(15-10-2)25-23(12-4)24(16-11-3)31-21(8)29-30-26(31)27(13-5,28-25)20(7)17-19(6)18-32/h9-16,18-20H,1,4-5,17H2,2-3,6-8H3/b15-10-,16-11-,22-14+. The highest BCUT2D eigenvalue weighted by molar-refractivity contribution is 6.19. The number of aromatic nitrogens is 3. The number of carbonyl (C=O) groups excluding carboxylic acids is 1. The zero-order valence-electron chi connectivity index (χ0n) is 19.9. The van der Waals surface area contributed by atoms with Gasteiger partial charge in [0.2, 0.25) is 0 Å². The Morgan fingerprint density at radius 3 is 2.41 bits per heavy atom. The molecule has 5 nitrogen and oxygen atoms in total. The summed E-state index contributed by atoms with van der Waals surface area (Å²) in [5, 5.41) is 8.96. The molecule has 0 amide bonds. The first-order chi connectivity index (χ1) is 15.3. The zero-order chi connectivity index (χ0) is 23.9. The normalized spacial score (nSPS) is 21.2. The van der Waals surface area contributed by atoms with Gasteiger partial charge in [0.15, 0.2) is 5.82 Å². The second-order valence-corrected chi connectivity index (χ2v) is 8.01. The Kier molecular flexibility index (Phi) is 8.41. The fourth-order valence-electron chi connectivity index (χ4n) is 4.17. The van der Waals surface area contributed by atoms with Crippen LogP contribution in [0.15, 0.2) is 84.5 Å². The molecule has 0 aromatic carbocycles. The molecule has 0 aliphatic carbocycles. The van der Waals surface area contributed by atoms with Crippen LogP contribution in [0.5, 0.6) is 0 Å². The summed E-state index contributed by atoms with van der Waals surface area (Å²) < 4.78 is 2.03. The SMILES string of the molecule is C=C/C=C(\C=C/C)C1=NC(C=C)(C(C)CC(C)C=O)c2nnc(C)n2C(/C=C\C)=C1C=C. The molecule has 1 aromatic heterocycles. The van der Waals surface area contributed by atoms with Crippen molar-refractivity contribution in [1.82, 2.24) is 14.8 Å². The van der Waals surface area contributed by atoms with E-state index in [0.717, 1.165) is 34.7 Å². The summed E-state index contributed by atoms with van der Waals surface area (Å²) in [5.41, 5.74) is 2.52. The Bertz CT molecular complexity index is 1050. The van der Waals surface area contributed by atoms with Gasteiger partial charge < -0.3 is 4.79 Å². The highest BCUT2D eigenvalue weighted by Gasteiger charge is 2.43. The topological polar surface area (TPSA) is 60.1 Å². The maximum Gasteiger partial charge on any atom is 0.169 e. The number of aryl methyl sites for hydroxylation is 1. The van der Waals surface area contributed by atoms with Gasteiger partial charge in [0.25, 0.3) is 0 Å². The van der Waals surface area contributed by atoms with Crippen LogP contribution in [-0.4, -0.2) is 26.8 Å². The number of fused-ring (bicyclic) bond motifs is 1. The molecule has 32 heavy (non-hydrogen) atoms. The van der Waals surface area contributed by atoms with Crippen LogP contribution in [0.3, 0.4) is 0 Å². The van der Waals surface area contributed by atoms with Crippen LogP contribution >= 0.6 is 0 Å². The number of nitrogens with zero attached hydrogens (tertiary/aromatic N) is 4. The minimum Gasteiger partial charge on any atom is -0.303 e. The van der Waals surface area contributed by atoms with Gasteiger partial charge in [-0.1, -0.05) is 69.5 Å². The van der Waals surface area contributed by atoms with Crippen molar-refractivity contribution < 1.29 is 4.79 Å². The second-order valence-electron chi connectivity index (χ2n) is 8.01. The molecule has 0 saturated carbocycles. The van der Waals surface area contributed by atoms with Gasteiger partial charge in [-0.05, 0) is 39.2 Å². The number of aliphatic imine (C=N–C) groups is 1. The molecule has 0 spiro atoms. The van der Waals surface area contributed by atoms with E-state index < -0.39 is 5.54 Å². The quantitative estimate of drug-likeness (QED) is 0.262. The van der Waals surface area contributed by atoms with Gasteiger partial charge in [-0.2, -0.15) is 0 Å². The third kappa shape index (κ3) is 4.47. The van der Waals surface area contributed by atoms with Crippen molar-refractivity contribution in [3.8, 4) is 0 Å². The Morgan fingerprint density at radius 1 is 1.16 bits per heavy atom.